The van der Waals surface area contributed by atoms with Crippen LogP contribution in [0, 0.1) is 11.3 Å². The van der Waals surface area contributed by atoms with Gasteiger partial charge in [-0.15, -0.1) is 0 Å². The first kappa shape index (κ1) is 14.9. The molecule has 0 aromatic heterocycles. The lowest BCUT2D eigenvalue weighted by Gasteiger charge is -2.24. The zero-order valence-electron chi connectivity index (χ0n) is 11.1. The van der Waals surface area contributed by atoms with Crippen molar-refractivity contribution in [1.82, 2.24) is 5.32 Å². The van der Waals surface area contributed by atoms with E-state index in [0.717, 1.165) is 5.56 Å². The van der Waals surface area contributed by atoms with Crippen molar-refractivity contribution in [3.8, 4) is 6.07 Å². The van der Waals surface area contributed by atoms with E-state index >= 15 is 0 Å². The highest BCUT2D eigenvalue weighted by atomic mass is 32.2. The summed E-state index contributed by atoms with van der Waals surface area (Å²) in [5.41, 5.74) is 0.903. The Morgan fingerprint density at radius 3 is 2.44 bits per heavy atom. The zero-order valence-corrected chi connectivity index (χ0v) is 12.0. The molecule has 0 bridgehead atoms. The Morgan fingerprint density at radius 1 is 1.33 bits per heavy atom. The van der Waals surface area contributed by atoms with Crippen LogP contribution < -0.4 is 5.32 Å². The molecular weight excluding hydrogens is 244 g/mol. The minimum atomic E-state index is -1.02. The Balaban J connectivity index is 2.51. The van der Waals surface area contributed by atoms with Crippen molar-refractivity contribution in [1.29, 1.82) is 5.26 Å². The maximum atomic E-state index is 12.0. The molecule has 0 spiro atoms. The first-order chi connectivity index (χ1) is 8.40. The number of benzene rings is 1. The average molecular weight is 264 g/mol. The van der Waals surface area contributed by atoms with E-state index < -0.39 is 10.8 Å². The quantitative estimate of drug-likeness (QED) is 0.887. The van der Waals surface area contributed by atoms with Crippen LogP contribution in [0.1, 0.15) is 26.3 Å². The number of rotatable bonds is 5. The second-order valence-corrected chi connectivity index (χ2v) is 6.81. The van der Waals surface area contributed by atoms with Crippen LogP contribution >= 0.6 is 0 Å². The maximum absolute atomic E-state index is 12.0. The normalized spacial score (nSPS) is 14.8. The van der Waals surface area contributed by atoms with Gasteiger partial charge in [-0.25, -0.2) is 0 Å². The third kappa shape index (κ3) is 5.95. The largest absolute Gasteiger partial charge is 0.296 e. The predicted molar refractivity (Wildman–Crippen MR) is 75.4 cm³/mol. The van der Waals surface area contributed by atoms with E-state index in [4.69, 9.17) is 5.26 Å². The molecular formula is C14H20N2OS. The molecule has 1 aromatic rings. The molecule has 0 aliphatic heterocycles. The molecule has 18 heavy (non-hydrogen) atoms. The van der Waals surface area contributed by atoms with Crippen LogP contribution in [0.5, 0.6) is 0 Å². The molecule has 2 atom stereocenters. The van der Waals surface area contributed by atoms with Crippen molar-refractivity contribution in [2.24, 2.45) is 0 Å². The summed E-state index contributed by atoms with van der Waals surface area (Å²) in [5, 5.41) is 12.2. The minimum absolute atomic E-state index is 0.142. The van der Waals surface area contributed by atoms with Gasteiger partial charge in [0.2, 0.25) is 0 Å². The van der Waals surface area contributed by atoms with Crippen molar-refractivity contribution in [2.45, 2.75) is 38.1 Å². The predicted octanol–water partition coefficient (Wildman–Crippen LogP) is 2.22. The molecule has 98 valence electrons. The molecule has 0 aliphatic carbocycles. The van der Waals surface area contributed by atoms with Gasteiger partial charge in [-0.2, -0.15) is 5.26 Å². The fourth-order valence-electron chi connectivity index (χ4n) is 1.64. The fraction of sp³-hybridized carbons (Fsp3) is 0.500. The number of nitrogens with zero attached hydrogens (tertiary/aromatic N) is 1. The molecule has 0 heterocycles. The van der Waals surface area contributed by atoms with Gasteiger partial charge in [0, 0.05) is 22.1 Å². The van der Waals surface area contributed by atoms with E-state index in [1.807, 2.05) is 51.1 Å². The molecule has 0 fully saturated rings. The Hall–Kier alpha value is -1.18. The minimum Gasteiger partial charge on any atom is -0.296 e. The van der Waals surface area contributed by atoms with E-state index in [0.29, 0.717) is 11.5 Å². The summed E-state index contributed by atoms with van der Waals surface area (Å²) >= 11 is 0. The molecule has 1 aromatic carbocycles. The molecule has 0 radical (unpaired) electrons. The Labute approximate surface area is 112 Å². The highest BCUT2D eigenvalue weighted by molar-refractivity contribution is 7.84. The number of nitrogens with one attached hydrogen (secondary N) is 1. The summed E-state index contributed by atoms with van der Waals surface area (Å²) in [6, 6.07) is 11.5. The van der Waals surface area contributed by atoms with Crippen molar-refractivity contribution in [2.75, 3.05) is 5.75 Å². The van der Waals surface area contributed by atoms with Crippen LogP contribution in [0.25, 0.3) is 0 Å². The van der Waals surface area contributed by atoms with E-state index in [-0.39, 0.29) is 11.6 Å². The molecule has 1 rings (SSSR count). The summed E-state index contributed by atoms with van der Waals surface area (Å²) in [6.45, 7) is 5.99. The van der Waals surface area contributed by atoms with Crippen LogP contribution in [0.15, 0.2) is 30.3 Å². The first-order valence-electron chi connectivity index (χ1n) is 5.97. The summed E-state index contributed by atoms with van der Waals surface area (Å²) in [5.74, 6) is 0.869. The van der Waals surface area contributed by atoms with Gasteiger partial charge >= 0.3 is 0 Å². The summed E-state index contributed by atoms with van der Waals surface area (Å²) in [4.78, 5) is 0. The van der Waals surface area contributed by atoms with Crippen LogP contribution in [-0.4, -0.2) is 21.5 Å². The third-order valence-corrected chi connectivity index (χ3v) is 3.65. The fourth-order valence-corrected chi connectivity index (χ4v) is 2.85. The summed E-state index contributed by atoms with van der Waals surface area (Å²) in [7, 11) is -1.02. The lowest BCUT2D eigenvalue weighted by atomic mass is 10.1. The van der Waals surface area contributed by atoms with Gasteiger partial charge in [0.15, 0.2) is 0 Å². The van der Waals surface area contributed by atoms with E-state index in [9.17, 15) is 4.21 Å². The SMILES string of the molecule is CC(C)(C)NC(C#N)CS(=O)Cc1ccccc1. The van der Waals surface area contributed by atoms with Gasteiger partial charge in [0.25, 0.3) is 0 Å². The summed E-state index contributed by atoms with van der Waals surface area (Å²) in [6.07, 6.45) is 0. The highest BCUT2D eigenvalue weighted by Crippen LogP contribution is 2.06. The first-order valence-corrected chi connectivity index (χ1v) is 7.46. The third-order valence-electron chi connectivity index (χ3n) is 2.29. The lowest BCUT2D eigenvalue weighted by molar-refractivity contribution is 0.409. The van der Waals surface area contributed by atoms with Crippen molar-refractivity contribution in [3.05, 3.63) is 35.9 Å². The van der Waals surface area contributed by atoms with Gasteiger partial charge in [-0.3, -0.25) is 9.53 Å². The second-order valence-electron chi connectivity index (χ2n) is 5.31. The van der Waals surface area contributed by atoms with Gasteiger partial charge in [-0.1, -0.05) is 30.3 Å². The van der Waals surface area contributed by atoms with Crippen molar-refractivity contribution in [3.63, 3.8) is 0 Å². The summed E-state index contributed by atoms with van der Waals surface area (Å²) < 4.78 is 12.0. The maximum Gasteiger partial charge on any atom is 0.107 e. The topological polar surface area (TPSA) is 52.9 Å². The van der Waals surface area contributed by atoms with Crippen molar-refractivity contribution < 1.29 is 4.21 Å². The molecule has 1 N–H and O–H groups in total. The zero-order chi connectivity index (χ0) is 13.6. The van der Waals surface area contributed by atoms with Gasteiger partial charge in [-0.05, 0) is 26.3 Å². The van der Waals surface area contributed by atoms with Crippen LogP contribution in [0.2, 0.25) is 0 Å². The number of hydrogen-bond acceptors (Lipinski definition) is 3. The molecule has 0 aliphatic rings. The van der Waals surface area contributed by atoms with E-state index in [1.165, 1.54) is 0 Å². The van der Waals surface area contributed by atoms with Crippen LogP contribution in [-0.2, 0) is 16.6 Å². The molecule has 2 unspecified atom stereocenters. The number of hydrogen-bond donors (Lipinski definition) is 1. The average Bonchev–Trinajstić information content (AvgIpc) is 2.27. The number of nitriles is 1. The van der Waals surface area contributed by atoms with Crippen LogP contribution in [0.4, 0.5) is 0 Å². The van der Waals surface area contributed by atoms with Crippen LogP contribution in [0.3, 0.4) is 0 Å². The van der Waals surface area contributed by atoms with E-state index in [1.54, 1.807) is 0 Å². The molecule has 0 amide bonds. The van der Waals surface area contributed by atoms with Gasteiger partial charge in [0.05, 0.1) is 11.8 Å². The van der Waals surface area contributed by atoms with Gasteiger partial charge < -0.3 is 0 Å². The van der Waals surface area contributed by atoms with Gasteiger partial charge in [0.1, 0.15) is 6.04 Å². The Kier molecular flexibility index (Phi) is 5.52. The Bertz CT molecular complexity index is 431. The highest BCUT2D eigenvalue weighted by Gasteiger charge is 2.18. The van der Waals surface area contributed by atoms with Crippen molar-refractivity contribution >= 4 is 10.8 Å². The lowest BCUT2D eigenvalue weighted by Crippen LogP contribution is -2.45. The monoisotopic (exact) mass is 264 g/mol. The molecule has 0 saturated carbocycles. The molecule has 4 heteroatoms. The standard InChI is InChI=1S/C14H20N2OS/c1-14(2,3)16-13(9-15)11-18(17)10-12-7-5-4-6-8-12/h4-8,13,16H,10-11H2,1-3H3. The second kappa shape index (κ2) is 6.67. The smallest absolute Gasteiger partial charge is 0.107 e. The molecule has 3 nitrogen and oxygen atoms in total. The molecule has 0 saturated heterocycles. The Morgan fingerprint density at radius 2 is 1.94 bits per heavy atom. The van der Waals surface area contributed by atoms with E-state index in [2.05, 4.69) is 11.4 Å².